The predicted octanol–water partition coefficient (Wildman–Crippen LogP) is 12.6. The van der Waals surface area contributed by atoms with Gasteiger partial charge in [-0.15, -0.1) is 0 Å². The third kappa shape index (κ3) is 51.7. The fraction of sp³-hybridized carbons (Fsp3) is 0.859. The van der Waals surface area contributed by atoms with Crippen molar-refractivity contribution in [1.82, 2.24) is 21.3 Å². The van der Waals surface area contributed by atoms with Crippen molar-refractivity contribution in [1.29, 1.82) is 0 Å². The van der Waals surface area contributed by atoms with Gasteiger partial charge in [-0.1, -0.05) is 239 Å². The number of esters is 2. The topological polar surface area (TPSA) is 287 Å². The summed E-state index contributed by atoms with van der Waals surface area (Å²) in [5, 5.41) is 28.3. The molecule has 0 aliphatic carbocycles. The number of carbonyl (C=O) groups excluding carboxylic acids is 7. The molecule has 0 saturated heterocycles. The lowest BCUT2D eigenvalue weighted by Crippen LogP contribution is -2.55. The summed E-state index contributed by atoms with van der Waals surface area (Å²) in [6.45, 7) is 5.74. The quantitative estimate of drug-likeness (QED) is 0.0220. The number of primary amides is 1. The van der Waals surface area contributed by atoms with Crippen molar-refractivity contribution in [3.8, 4) is 0 Å². The van der Waals surface area contributed by atoms with Gasteiger partial charge in [0.05, 0.1) is 6.54 Å². The highest BCUT2D eigenvalue weighted by Gasteiger charge is 2.29. The standard InChI is InChI=1S/C64H117N5O13S/c1-4-7-10-13-16-19-22-24-27-30-33-36-39-42-60(75)81-49-52(82-61(76)43-40-37-34-31-28-25-23-20-17-14-11-8-5-2)50-83-51-55(68-57(71)41-38-35-32-29-26-21-18-15-12-9-6-3)63(78)69-53(44-46-56(65)70)62(77)66-48-58(72)67-54(64(79)80)45-47-59(73)74/h52-55H,4-51H2,1-3H3,(H2,65,70)(H,66,77)(H,67,72)(H,68,71)(H,69,78)(H,73,74)(H,79,80)/t52-,53-,54+,55?/m1/s1. The third-order valence-electron chi connectivity index (χ3n) is 15.0. The number of hydrogen-bond acceptors (Lipinski definition) is 12. The second-order valence-corrected chi connectivity index (χ2v) is 24.0. The van der Waals surface area contributed by atoms with Crippen LogP contribution in [0.5, 0.6) is 0 Å². The number of ether oxygens (including phenoxy) is 2. The van der Waals surface area contributed by atoms with Gasteiger partial charge in [0.15, 0.2) is 0 Å². The van der Waals surface area contributed by atoms with E-state index in [0.29, 0.717) is 19.3 Å². The Labute approximate surface area is 505 Å². The molecule has 0 fully saturated rings. The Morgan fingerprint density at radius 3 is 1.20 bits per heavy atom. The first-order chi connectivity index (χ1) is 40.1. The summed E-state index contributed by atoms with van der Waals surface area (Å²) in [4.78, 5) is 115. The zero-order chi connectivity index (χ0) is 61.4. The molecule has 0 spiro atoms. The summed E-state index contributed by atoms with van der Waals surface area (Å²) in [5.74, 6) is -7.26. The molecule has 0 heterocycles. The van der Waals surface area contributed by atoms with Crippen LogP contribution in [-0.4, -0.2) is 113 Å². The van der Waals surface area contributed by atoms with E-state index in [1.807, 2.05) is 0 Å². The minimum Gasteiger partial charge on any atom is -0.481 e. The van der Waals surface area contributed by atoms with E-state index in [-0.39, 0.29) is 56.2 Å². The molecule has 1 unspecified atom stereocenters. The lowest BCUT2D eigenvalue weighted by atomic mass is 10.0. The van der Waals surface area contributed by atoms with Crippen LogP contribution in [0, 0.1) is 0 Å². The molecule has 8 N–H and O–H groups in total. The predicted molar refractivity (Wildman–Crippen MR) is 332 cm³/mol. The maximum atomic E-state index is 14.1. The first-order valence-corrected chi connectivity index (χ1v) is 34.1. The zero-order valence-corrected chi connectivity index (χ0v) is 52.9. The Hall–Kier alpha value is -4.42. The largest absolute Gasteiger partial charge is 0.481 e. The van der Waals surface area contributed by atoms with E-state index >= 15 is 0 Å². The number of aliphatic carboxylic acids is 2. The number of unbranched alkanes of at least 4 members (excludes halogenated alkanes) is 34. The second kappa shape index (κ2) is 56.7. The summed E-state index contributed by atoms with van der Waals surface area (Å²) in [6, 6.07) is -4.19. The van der Waals surface area contributed by atoms with Crippen molar-refractivity contribution in [3.05, 3.63) is 0 Å². The molecule has 0 aromatic heterocycles. The third-order valence-corrected chi connectivity index (χ3v) is 16.1. The van der Waals surface area contributed by atoms with Crippen LogP contribution >= 0.6 is 11.8 Å². The number of rotatable bonds is 61. The molecule has 482 valence electrons. The first kappa shape index (κ1) is 78.6. The van der Waals surface area contributed by atoms with Crippen molar-refractivity contribution >= 4 is 65.2 Å². The molecule has 0 aliphatic rings. The van der Waals surface area contributed by atoms with Crippen LogP contribution < -0.4 is 27.0 Å². The second-order valence-electron chi connectivity index (χ2n) is 22.9. The Morgan fingerprint density at radius 1 is 0.410 bits per heavy atom. The number of amides is 5. The number of carboxylic acids is 2. The highest BCUT2D eigenvalue weighted by molar-refractivity contribution is 7.99. The first-order valence-electron chi connectivity index (χ1n) is 33.0. The van der Waals surface area contributed by atoms with E-state index in [2.05, 4.69) is 42.0 Å². The fourth-order valence-corrected chi connectivity index (χ4v) is 10.8. The van der Waals surface area contributed by atoms with Gasteiger partial charge >= 0.3 is 23.9 Å². The average Bonchev–Trinajstić information content (AvgIpc) is 3.46. The number of nitrogens with two attached hydrogens (primary N) is 1. The SMILES string of the molecule is CCCCCCCCCCCCCCCC(=O)OC[C@H](CSCC(NC(=O)CCCCCCCCCCCCC)C(=O)N[C@H](CCC(N)=O)C(=O)NCC(=O)N[C@@H](CCC(=O)O)C(=O)O)OC(=O)CCCCCCCCCCCCCCC. The van der Waals surface area contributed by atoms with Crippen molar-refractivity contribution in [2.24, 2.45) is 5.73 Å². The molecule has 83 heavy (non-hydrogen) atoms. The van der Waals surface area contributed by atoms with Gasteiger partial charge < -0.3 is 46.7 Å². The van der Waals surface area contributed by atoms with E-state index in [4.69, 9.17) is 20.3 Å². The summed E-state index contributed by atoms with van der Waals surface area (Å²) >= 11 is 1.19. The summed E-state index contributed by atoms with van der Waals surface area (Å²) in [6.07, 6.45) is 40.6. The molecule has 0 aliphatic heterocycles. The van der Waals surface area contributed by atoms with Gasteiger partial charge in [0.1, 0.15) is 30.8 Å². The molecule has 0 saturated carbocycles. The van der Waals surface area contributed by atoms with E-state index in [1.54, 1.807) is 0 Å². The molecule has 4 atom stereocenters. The molecule has 5 amide bonds. The number of hydrogen-bond donors (Lipinski definition) is 7. The summed E-state index contributed by atoms with van der Waals surface area (Å²) in [7, 11) is 0. The van der Waals surface area contributed by atoms with Gasteiger partial charge in [0.2, 0.25) is 29.5 Å². The van der Waals surface area contributed by atoms with Gasteiger partial charge in [-0.25, -0.2) is 4.79 Å². The normalized spacial score (nSPS) is 12.6. The van der Waals surface area contributed by atoms with Gasteiger partial charge in [-0.2, -0.15) is 11.8 Å². The van der Waals surface area contributed by atoms with E-state index < -0.39 is 91.1 Å². The van der Waals surface area contributed by atoms with Crippen molar-refractivity contribution in [2.75, 3.05) is 24.7 Å². The lowest BCUT2D eigenvalue weighted by molar-refractivity contribution is -0.157. The maximum absolute atomic E-state index is 14.1. The van der Waals surface area contributed by atoms with E-state index in [0.717, 1.165) is 64.2 Å². The molecule has 0 rings (SSSR count). The average molecular weight is 1200 g/mol. The molecule has 19 heteroatoms. The molecule has 0 aromatic carbocycles. The van der Waals surface area contributed by atoms with Crippen LogP contribution in [0.15, 0.2) is 0 Å². The monoisotopic (exact) mass is 1200 g/mol. The van der Waals surface area contributed by atoms with Crippen LogP contribution in [0.2, 0.25) is 0 Å². The van der Waals surface area contributed by atoms with Gasteiger partial charge in [0, 0.05) is 43.6 Å². The van der Waals surface area contributed by atoms with Crippen LogP contribution in [-0.2, 0) is 52.6 Å². The lowest BCUT2D eigenvalue weighted by Gasteiger charge is -2.24. The highest BCUT2D eigenvalue weighted by atomic mass is 32.2. The number of carboxylic acid groups (broad SMARTS) is 2. The molecule has 18 nitrogen and oxygen atoms in total. The molecule has 0 aromatic rings. The van der Waals surface area contributed by atoms with Crippen LogP contribution in [0.25, 0.3) is 0 Å². The minimum absolute atomic E-state index is 0.0465. The van der Waals surface area contributed by atoms with Crippen molar-refractivity contribution in [2.45, 2.75) is 328 Å². The van der Waals surface area contributed by atoms with Crippen LogP contribution in [0.3, 0.4) is 0 Å². The smallest absolute Gasteiger partial charge is 0.326 e. The zero-order valence-electron chi connectivity index (χ0n) is 52.1. The number of nitrogens with one attached hydrogen (secondary N) is 4. The number of carbonyl (C=O) groups is 9. The summed E-state index contributed by atoms with van der Waals surface area (Å²) < 4.78 is 11.6. The van der Waals surface area contributed by atoms with E-state index in [9.17, 15) is 48.3 Å². The van der Waals surface area contributed by atoms with E-state index in [1.165, 1.54) is 166 Å². The summed E-state index contributed by atoms with van der Waals surface area (Å²) in [5.41, 5.74) is 5.41. The maximum Gasteiger partial charge on any atom is 0.326 e. The highest BCUT2D eigenvalue weighted by Crippen LogP contribution is 2.18. The van der Waals surface area contributed by atoms with Crippen molar-refractivity contribution < 1.29 is 62.8 Å². The Morgan fingerprint density at radius 2 is 0.795 bits per heavy atom. The van der Waals surface area contributed by atoms with Crippen molar-refractivity contribution in [3.63, 3.8) is 0 Å². The molecule has 0 bridgehead atoms. The van der Waals surface area contributed by atoms with Crippen LogP contribution in [0.1, 0.15) is 303 Å². The molecular weight excluding hydrogens is 1080 g/mol. The van der Waals surface area contributed by atoms with Crippen LogP contribution in [0.4, 0.5) is 0 Å². The van der Waals surface area contributed by atoms with Gasteiger partial charge in [-0.3, -0.25) is 38.4 Å². The van der Waals surface area contributed by atoms with Gasteiger partial charge in [-0.05, 0) is 32.1 Å². The van der Waals surface area contributed by atoms with Gasteiger partial charge in [0.25, 0.3) is 0 Å². The molecular formula is C64H117N5O13S. The number of thioether (sulfide) groups is 1. The Balaban J connectivity index is 5.93. The Bertz CT molecular complexity index is 1720. The molecule has 0 radical (unpaired) electrons. The fourth-order valence-electron chi connectivity index (χ4n) is 9.80. The Kier molecular flexibility index (Phi) is 53.7. The minimum atomic E-state index is -1.54.